The fourth-order valence-corrected chi connectivity index (χ4v) is 0.887. The van der Waals surface area contributed by atoms with Gasteiger partial charge in [0.2, 0.25) is 0 Å². The molecule has 0 aliphatic rings. The molecule has 1 aromatic rings. The van der Waals surface area contributed by atoms with Crippen LogP contribution in [-0.4, -0.2) is 18.3 Å². The number of hydrogen-bond acceptors (Lipinski definition) is 3. The number of benzene rings is 1. The van der Waals surface area contributed by atoms with Gasteiger partial charge in [-0.05, 0) is 13.3 Å². The number of carbonyl (C=O) groups excluding carboxylic acids is 1. The van der Waals surface area contributed by atoms with Gasteiger partial charge in [-0.15, -0.1) is 0 Å². The highest BCUT2D eigenvalue weighted by molar-refractivity contribution is 7.81. The van der Waals surface area contributed by atoms with Gasteiger partial charge in [-0.1, -0.05) is 42.8 Å². The lowest BCUT2D eigenvalue weighted by Gasteiger charge is -1.96. The molecule has 0 unspecified atom stereocenters. The smallest absolute Gasteiger partial charge is 0.315 e. The lowest BCUT2D eigenvalue weighted by molar-refractivity contribution is -0.140. The van der Waals surface area contributed by atoms with Gasteiger partial charge in [0.25, 0.3) is 0 Å². The molecule has 1 aromatic carbocycles. The van der Waals surface area contributed by atoms with Gasteiger partial charge < -0.3 is 4.74 Å². The molecule has 0 amide bonds. The molecule has 15 heavy (non-hydrogen) atoms. The third-order valence-electron chi connectivity index (χ3n) is 1.54. The van der Waals surface area contributed by atoms with Gasteiger partial charge in [0, 0.05) is 0 Å². The third-order valence-corrected chi connectivity index (χ3v) is 1.79. The van der Waals surface area contributed by atoms with Crippen molar-refractivity contribution in [3.63, 3.8) is 0 Å². The van der Waals surface area contributed by atoms with Crippen LogP contribution in [0.3, 0.4) is 0 Å². The highest BCUT2D eigenvalue weighted by atomic mass is 32.1. The summed E-state index contributed by atoms with van der Waals surface area (Å²) in [6.45, 7) is 4.55. The second-order valence-electron chi connectivity index (χ2n) is 3.03. The molecule has 0 heterocycles. The standard InChI is InChI=1S/C7H8.C5H10O2S/c1-7-5-3-2-4-6-7;1-2-3-7-5(6)4-8/h2-6H,1H3;8H,2-4H2,1H3. The molecule has 84 valence electrons. The quantitative estimate of drug-likeness (QED) is 0.633. The Morgan fingerprint density at radius 3 is 2.27 bits per heavy atom. The molecule has 0 saturated heterocycles. The molecule has 0 aliphatic carbocycles. The topological polar surface area (TPSA) is 26.3 Å². The van der Waals surface area contributed by atoms with E-state index in [0.29, 0.717) is 6.61 Å². The van der Waals surface area contributed by atoms with Crippen molar-refractivity contribution in [2.24, 2.45) is 0 Å². The molecular weight excluding hydrogens is 208 g/mol. The zero-order valence-electron chi connectivity index (χ0n) is 9.27. The Balaban J connectivity index is 0.000000262. The predicted octanol–water partition coefficient (Wildman–Crippen LogP) is 2.86. The van der Waals surface area contributed by atoms with E-state index in [-0.39, 0.29) is 11.7 Å². The Hall–Kier alpha value is -0.960. The van der Waals surface area contributed by atoms with E-state index in [1.165, 1.54) is 5.56 Å². The highest BCUT2D eigenvalue weighted by Crippen LogP contribution is 1.92. The van der Waals surface area contributed by atoms with Gasteiger partial charge in [-0.25, -0.2) is 0 Å². The maximum absolute atomic E-state index is 10.3. The molecule has 0 N–H and O–H groups in total. The summed E-state index contributed by atoms with van der Waals surface area (Å²) in [5, 5.41) is 0. The number of thiol groups is 1. The predicted molar refractivity (Wildman–Crippen MR) is 66.3 cm³/mol. The zero-order chi connectivity index (χ0) is 11.5. The van der Waals surface area contributed by atoms with E-state index in [1.807, 2.05) is 25.1 Å². The lowest BCUT2D eigenvalue weighted by atomic mass is 10.2. The zero-order valence-corrected chi connectivity index (χ0v) is 10.2. The molecule has 0 aromatic heterocycles. The molecule has 0 aliphatic heterocycles. The van der Waals surface area contributed by atoms with Crippen molar-refractivity contribution in [1.82, 2.24) is 0 Å². The average molecular weight is 226 g/mol. The monoisotopic (exact) mass is 226 g/mol. The van der Waals surface area contributed by atoms with Gasteiger partial charge in [-0.2, -0.15) is 12.6 Å². The van der Waals surface area contributed by atoms with Crippen molar-refractivity contribution in [2.75, 3.05) is 12.4 Å². The van der Waals surface area contributed by atoms with Crippen LogP contribution in [0.15, 0.2) is 30.3 Å². The van der Waals surface area contributed by atoms with Crippen LogP contribution in [0, 0.1) is 6.92 Å². The fourth-order valence-electron chi connectivity index (χ4n) is 0.796. The van der Waals surface area contributed by atoms with Crippen LogP contribution in [0.5, 0.6) is 0 Å². The summed E-state index contributed by atoms with van der Waals surface area (Å²) in [6, 6.07) is 10.3. The van der Waals surface area contributed by atoms with Crippen molar-refractivity contribution >= 4 is 18.6 Å². The number of hydrogen-bond donors (Lipinski definition) is 1. The number of carbonyl (C=O) groups is 1. The summed E-state index contributed by atoms with van der Waals surface area (Å²) >= 11 is 3.71. The van der Waals surface area contributed by atoms with Crippen molar-refractivity contribution in [3.05, 3.63) is 35.9 Å². The average Bonchev–Trinajstić information content (AvgIpc) is 2.28. The Labute approximate surface area is 97.1 Å². The fraction of sp³-hybridized carbons (Fsp3) is 0.417. The number of rotatable bonds is 3. The first kappa shape index (κ1) is 14.0. The van der Waals surface area contributed by atoms with E-state index < -0.39 is 0 Å². The van der Waals surface area contributed by atoms with Gasteiger partial charge in [0.05, 0.1) is 12.4 Å². The first-order chi connectivity index (χ1) is 7.20. The second-order valence-corrected chi connectivity index (χ2v) is 3.35. The minimum atomic E-state index is -0.241. The molecule has 0 bridgehead atoms. The first-order valence-corrected chi connectivity index (χ1v) is 5.62. The second kappa shape index (κ2) is 9.59. The van der Waals surface area contributed by atoms with Crippen LogP contribution >= 0.6 is 12.6 Å². The Kier molecular flexibility index (Phi) is 8.98. The third kappa shape index (κ3) is 9.35. The van der Waals surface area contributed by atoms with E-state index in [1.54, 1.807) is 0 Å². The van der Waals surface area contributed by atoms with Crippen LogP contribution < -0.4 is 0 Å². The molecule has 2 nitrogen and oxygen atoms in total. The van der Waals surface area contributed by atoms with Crippen molar-refractivity contribution in [3.8, 4) is 0 Å². The van der Waals surface area contributed by atoms with Crippen molar-refractivity contribution in [2.45, 2.75) is 20.3 Å². The molecule has 3 heteroatoms. The highest BCUT2D eigenvalue weighted by Gasteiger charge is 1.93. The summed E-state index contributed by atoms with van der Waals surface area (Å²) in [6.07, 6.45) is 0.875. The number of aryl methyl sites for hydroxylation is 1. The van der Waals surface area contributed by atoms with Gasteiger partial charge in [-0.3, -0.25) is 4.79 Å². The maximum atomic E-state index is 10.3. The van der Waals surface area contributed by atoms with Gasteiger partial charge in [0.1, 0.15) is 0 Å². The molecule has 1 rings (SSSR count). The SMILES string of the molecule is CCCOC(=O)CS.Cc1ccccc1. The van der Waals surface area contributed by atoms with Crippen LogP contribution in [0.1, 0.15) is 18.9 Å². The molecular formula is C12H18O2S. The van der Waals surface area contributed by atoms with Crippen LogP contribution in [-0.2, 0) is 9.53 Å². The molecule has 0 spiro atoms. The van der Waals surface area contributed by atoms with E-state index in [0.717, 1.165) is 6.42 Å². The van der Waals surface area contributed by atoms with E-state index >= 15 is 0 Å². The van der Waals surface area contributed by atoms with Crippen molar-refractivity contribution < 1.29 is 9.53 Å². The Morgan fingerprint density at radius 2 is 1.93 bits per heavy atom. The van der Waals surface area contributed by atoms with Crippen LogP contribution in [0.2, 0.25) is 0 Å². The Bertz CT molecular complexity index is 260. The summed E-state index contributed by atoms with van der Waals surface area (Å²) in [7, 11) is 0. The summed E-state index contributed by atoms with van der Waals surface area (Å²) in [5.74, 6) is -0.0600. The van der Waals surface area contributed by atoms with E-state index in [9.17, 15) is 4.79 Å². The van der Waals surface area contributed by atoms with Crippen molar-refractivity contribution in [1.29, 1.82) is 0 Å². The van der Waals surface area contributed by atoms with E-state index in [4.69, 9.17) is 0 Å². The van der Waals surface area contributed by atoms with Crippen LogP contribution in [0.4, 0.5) is 0 Å². The molecule has 0 fully saturated rings. The normalized spacial score (nSPS) is 8.73. The largest absolute Gasteiger partial charge is 0.465 e. The van der Waals surface area contributed by atoms with Gasteiger partial charge >= 0.3 is 5.97 Å². The number of ether oxygens (including phenoxy) is 1. The summed E-state index contributed by atoms with van der Waals surface area (Å²) in [4.78, 5) is 10.3. The maximum Gasteiger partial charge on any atom is 0.315 e. The van der Waals surface area contributed by atoms with E-state index in [2.05, 4.69) is 36.4 Å². The Morgan fingerprint density at radius 1 is 1.33 bits per heavy atom. The molecule has 0 saturated carbocycles. The number of esters is 1. The summed E-state index contributed by atoms with van der Waals surface area (Å²) in [5.41, 5.74) is 1.32. The molecule has 0 atom stereocenters. The van der Waals surface area contributed by atoms with Crippen LogP contribution in [0.25, 0.3) is 0 Å². The minimum absolute atomic E-state index is 0.181. The lowest BCUT2D eigenvalue weighted by Crippen LogP contribution is -2.05. The van der Waals surface area contributed by atoms with Gasteiger partial charge in [0.15, 0.2) is 0 Å². The molecule has 0 radical (unpaired) electrons. The summed E-state index contributed by atoms with van der Waals surface area (Å²) < 4.78 is 4.62. The first-order valence-electron chi connectivity index (χ1n) is 4.98. The minimum Gasteiger partial charge on any atom is -0.465 e.